The van der Waals surface area contributed by atoms with Crippen LogP contribution < -0.4 is 4.74 Å². The van der Waals surface area contributed by atoms with Crippen LogP contribution in [-0.4, -0.2) is 18.4 Å². The molecule has 0 aromatic heterocycles. The molecule has 0 spiro atoms. The molecule has 186 valence electrons. The lowest BCUT2D eigenvalue weighted by Gasteiger charge is -2.06. The maximum absolute atomic E-state index is 10.4. The molecule has 0 aliphatic heterocycles. The molecule has 0 radical (unpaired) electrons. The molecule has 0 heterocycles. The molecule has 0 saturated carbocycles. The number of nitrogens with zero attached hydrogens (tertiary/aromatic N) is 5. The lowest BCUT2D eigenvalue weighted by Crippen LogP contribution is -1.88. The van der Waals surface area contributed by atoms with Crippen molar-refractivity contribution < 1.29 is 9.84 Å². The summed E-state index contributed by atoms with van der Waals surface area (Å²) in [7, 11) is 1.52. The van der Waals surface area contributed by atoms with Gasteiger partial charge in [-0.15, -0.1) is 5.11 Å². The third-order valence-corrected chi connectivity index (χ3v) is 5.91. The summed E-state index contributed by atoms with van der Waals surface area (Å²) >= 11 is 0. The highest BCUT2D eigenvalue weighted by molar-refractivity contribution is 6.01. The van der Waals surface area contributed by atoms with Crippen LogP contribution in [-0.2, 0) is 0 Å². The molecule has 0 aliphatic carbocycles. The smallest absolute Gasteiger partial charge is 0.166 e. The number of azo groups is 2. The summed E-state index contributed by atoms with van der Waals surface area (Å²) in [6.45, 7) is 2.04. The number of fused-ring (bicyclic) bond motifs is 1. The highest BCUT2D eigenvalue weighted by Gasteiger charge is 2.07. The van der Waals surface area contributed by atoms with Gasteiger partial charge in [0, 0.05) is 22.6 Å². The number of methoxy groups -OCH3 is 1. The second-order valence-corrected chi connectivity index (χ2v) is 8.56. The molecule has 0 amide bonds. The summed E-state index contributed by atoms with van der Waals surface area (Å²) in [4.78, 5) is 4.62. The molecular weight excluding hydrogens is 474 g/mol. The third-order valence-electron chi connectivity index (χ3n) is 5.91. The number of aryl methyl sites for hydroxylation is 1. The fraction of sp³-hybridized carbons (Fsp3) is 0.0645. The van der Waals surface area contributed by atoms with E-state index in [1.54, 1.807) is 24.4 Å². The zero-order valence-electron chi connectivity index (χ0n) is 21.0. The first-order valence-corrected chi connectivity index (χ1v) is 12.0. The minimum atomic E-state index is 0.0520. The van der Waals surface area contributed by atoms with Crippen LogP contribution in [0.4, 0.5) is 28.4 Å². The molecule has 7 nitrogen and oxygen atoms in total. The van der Waals surface area contributed by atoms with E-state index >= 15 is 0 Å². The van der Waals surface area contributed by atoms with Gasteiger partial charge in [0.1, 0.15) is 0 Å². The molecule has 0 fully saturated rings. The van der Waals surface area contributed by atoms with Gasteiger partial charge in [-0.1, -0.05) is 48.0 Å². The van der Waals surface area contributed by atoms with Gasteiger partial charge in [-0.05, 0) is 67.6 Å². The van der Waals surface area contributed by atoms with E-state index in [1.165, 1.54) is 12.7 Å². The van der Waals surface area contributed by atoms with Gasteiger partial charge in [-0.3, -0.25) is 4.99 Å². The Morgan fingerprint density at radius 3 is 1.79 bits per heavy atom. The monoisotopic (exact) mass is 499 g/mol. The summed E-state index contributed by atoms with van der Waals surface area (Å²) in [6.07, 6.45) is 1.62. The summed E-state index contributed by atoms with van der Waals surface area (Å²) in [5.41, 5.74) is 5.48. The number of hydrogen-bond donors (Lipinski definition) is 1. The van der Waals surface area contributed by atoms with E-state index in [1.807, 2.05) is 91.9 Å². The summed E-state index contributed by atoms with van der Waals surface area (Å²) in [5.74, 6) is 0.452. The summed E-state index contributed by atoms with van der Waals surface area (Å²) in [5, 5.41) is 29.7. The number of rotatable bonds is 7. The van der Waals surface area contributed by atoms with Crippen molar-refractivity contribution >= 4 is 45.4 Å². The molecule has 0 saturated heterocycles. The summed E-state index contributed by atoms with van der Waals surface area (Å²) in [6, 6.07) is 32.2. The minimum Gasteiger partial charge on any atom is -0.504 e. The van der Waals surface area contributed by atoms with E-state index in [0.29, 0.717) is 17.0 Å². The second kappa shape index (κ2) is 11.3. The molecule has 5 rings (SSSR count). The average Bonchev–Trinajstić information content (AvgIpc) is 2.96. The van der Waals surface area contributed by atoms with Crippen molar-refractivity contribution in [2.45, 2.75) is 6.92 Å². The van der Waals surface area contributed by atoms with Crippen LogP contribution in [0.3, 0.4) is 0 Å². The Morgan fingerprint density at radius 1 is 0.605 bits per heavy atom. The first-order chi connectivity index (χ1) is 18.6. The summed E-state index contributed by atoms with van der Waals surface area (Å²) < 4.78 is 5.18. The number of aromatic hydroxyl groups is 1. The molecule has 5 aromatic carbocycles. The molecule has 0 unspecified atom stereocenters. The Morgan fingerprint density at radius 2 is 1.16 bits per heavy atom. The lowest BCUT2D eigenvalue weighted by atomic mass is 10.1. The standard InChI is InChI=1S/C31H25N5O2/c1-21-10-12-23(13-11-21)33-34-24-14-16-25(17-15-24)35-36-29-19-18-28(26-7-3-4-8-27(26)29)32-20-22-6-5-9-30(38-2)31(22)37/h3-20,37H,1-2H3. The van der Waals surface area contributed by atoms with Crippen molar-refractivity contribution in [3.8, 4) is 11.5 Å². The highest BCUT2D eigenvalue weighted by Crippen LogP contribution is 2.35. The van der Waals surface area contributed by atoms with Gasteiger partial charge in [0.05, 0.1) is 35.5 Å². The van der Waals surface area contributed by atoms with Crippen LogP contribution in [0.2, 0.25) is 0 Å². The topological polar surface area (TPSA) is 91.3 Å². The molecule has 7 heteroatoms. The quantitative estimate of drug-likeness (QED) is 0.178. The first kappa shape index (κ1) is 24.5. The third kappa shape index (κ3) is 5.63. The Labute approximate surface area is 220 Å². The molecule has 0 atom stereocenters. The van der Waals surface area contributed by atoms with E-state index in [0.717, 1.165) is 33.5 Å². The van der Waals surface area contributed by atoms with Crippen LogP contribution in [0.25, 0.3) is 10.8 Å². The number of hydrogen-bond acceptors (Lipinski definition) is 7. The van der Waals surface area contributed by atoms with Crippen LogP contribution in [0.1, 0.15) is 11.1 Å². The normalized spacial score (nSPS) is 11.7. The molecular formula is C31H25N5O2. The van der Waals surface area contributed by atoms with Gasteiger partial charge >= 0.3 is 0 Å². The van der Waals surface area contributed by atoms with Crippen molar-refractivity contribution in [2.24, 2.45) is 25.4 Å². The molecule has 0 aliphatic rings. The van der Waals surface area contributed by atoms with E-state index in [-0.39, 0.29) is 5.75 Å². The van der Waals surface area contributed by atoms with E-state index in [9.17, 15) is 5.11 Å². The van der Waals surface area contributed by atoms with Crippen molar-refractivity contribution in [3.63, 3.8) is 0 Å². The van der Waals surface area contributed by atoms with Crippen LogP contribution in [0, 0.1) is 6.92 Å². The largest absolute Gasteiger partial charge is 0.504 e. The van der Waals surface area contributed by atoms with Gasteiger partial charge in [-0.25, -0.2) is 0 Å². The molecule has 5 aromatic rings. The number of aliphatic imine (C=N–C) groups is 1. The molecule has 0 bridgehead atoms. The lowest BCUT2D eigenvalue weighted by molar-refractivity contribution is 0.373. The maximum atomic E-state index is 10.4. The number of benzene rings is 5. The predicted molar refractivity (Wildman–Crippen MR) is 152 cm³/mol. The highest BCUT2D eigenvalue weighted by atomic mass is 16.5. The predicted octanol–water partition coefficient (Wildman–Crippen LogP) is 9.44. The zero-order valence-corrected chi connectivity index (χ0v) is 21.0. The van der Waals surface area contributed by atoms with E-state index in [4.69, 9.17) is 4.74 Å². The fourth-order valence-electron chi connectivity index (χ4n) is 3.84. The van der Waals surface area contributed by atoms with Crippen molar-refractivity contribution in [3.05, 3.63) is 114 Å². The Hall–Kier alpha value is -5.17. The fourth-order valence-corrected chi connectivity index (χ4v) is 3.84. The van der Waals surface area contributed by atoms with Gasteiger partial charge in [0.15, 0.2) is 11.5 Å². The number of phenols is 1. The van der Waals surface area contributed by atoms with Gasteiger partial charge in [0.25, 0.3) is 0 Å². The van der Waals surface area contributed by atoms with Crippen LogP contribution >= 0.6 is 0 Å². The SMILES string of the molecule is COc1cccc(C=Nc2ccc(N=Nc3ccc(N=Nc4ccc(C)cc4)cc3)c3ccccc23)c1O. The zero-order chi connectivity index (χ0) is 26.3. The van der Waals surface area contributed by atoms with Crippen LogP contribution in [0.15, 0.2) is 129 Å². The number of ether oxygens (including phenoxy) is 1. The second-order valence-electron chi connectivity index (χ2n) is 8.56. The maximum Gasteiger partial charge on any atom is 0.166 e. The van der Waals surface area contributed by atoms with Gasteiger partial charge in [-0.2, -0.15) is 15.3 Å². The van der Waals surface area contributed by atoms with Crippen molar-refractivity contribution in [1.82, 2.24) is 0 Å². The Bertz CT molecular complexity index is 1660. The number of para-hydroxylation sites is 1. The van der Waals surface area contributed by atoms with Crippen LogP contribution in [0.5, 0.6) is 11.5 Å². The van der Waals surface area contributed by atoms with Gasteiger partial charge in [0.2, 0.25) is 0 Å². The first-order valence-electron chi connectivity index (χ1n) is 12.0. The number of phenolic OH excluding ortho intramolecular Hbond substituents is 1. The van der Waals surface area contributed by atoms with Crippen molar-refractivity contribution in [1.29, 1.82) is 0 Å². The van der Waals surface area contributed by atoms with E-state index in [2.05, 4.69) is 25.4 Å². The van der Waals surface area contributed by atoms with E-state index < -0.39 is 0 Å². The average molecular weight is 500 g/mol. The molecule has 38 heavy (non-hydrogen) atoms. The van der Waals surface area contributed by atoms with Gasteiger partial charge < -0.3 is 9.84 Å². The Balaban J connectivity index is 1.36. The van der Waals surface area contributed by atoms with Crippen molar-refractivity contribution in [2.75, 3.05) is 7.11 Å². The minimum absolute atomic E-state index is 0.0520. The Kier molecular flexibility index (Phi) is 7.27. The molecule has 1 N–H and O–H groups in total.